The van der Waals surface area contributed by atoms with Crippen LogP contribution < -0.4 is 14.9 Å². The van der Waals surface area contributed by atoms with E-state index in [1.54, 1.807) is 38.1 Å². The molecule has 2 aromatic carbocycles. The number of carbonyl (C=O) groups excluding carboxylic acids is 1. The minimum atomic E-state index is -0.687. The average Bonchev–Trinajstić information content (AvgIpc) is 3.48. The van der Waals surface area contributed by atoms with Crippen LogP contribution in [0.2, 0.25) is 0 Å². The first-order valence-corrected chi connectivity index (χ1v) is 12.7. The highest BCUT2D eigenvalue weighted by Gasteiger charge is 2.33. The Morgan fingerprint density at radius 1 is 1.18 bits per heavy atom. The van der Waals surface area contributed by atoms with Crippen LogP contribution in [0.5, 0.6) is 0 Å². The second-order valence-electron chi connectivity index (χ2n) is 8.67. The van der Waals surface area contributed by atoms with Gasteiger partial charge in [-0.2, -0.15) is 0 Å². The zero-order valence-electron chi connectivity index (χ0n) is 20.8. The van der Waals surface area contributed by atoms with Crippen molar-refractivity contribution in [3.8, 4) is 11.3 Å². The number of ether oxygens (including phenoxy) is 1. The average molecular weight is 530 g/mol. The van der Waals surface area contributed by atoms with Crippen molar-refractivity contribution in [2.24, 2.45) is 4.99 Å². The molecule has 0 N–H and O–H groups in total. The van der Waals surface area contributed by atoms with E-state index in [-0.39, 0.29) is 17.9 Å². The number of thiazole rings is 1. The molecule has 4 aromatic rings. The Bertz CT molecular complexity index is 1780. The Hall–Kier alpha value is -4.57. The molecule has 38 heavy (non-hydrogen) atoms. The summed E-state index contributed by atoms with van der Waals surface area (Å²) in [5.41, 5.74) is 2.63. The van der Waals surface area contributed by atoms with Gasteiger partial charge in [-0.15, -0.1) is 0 Å². The molecule has 3 heterocycles. The lowest BCUT2D eigenvalue weighted by molar-refractivity contribution is -0.384. The molecule has 0 aliphatic carbocycles. The number of aromatic nitrogens is 1. The van der Waals surface area contributed by atoms with Crippen molar-refractivity contribution >= 4 is 29.1 Å². The van der Waals surface area contributed by atoms with E-state index in [9.17, 15) is 19.7 Å². The summed E-state index contributed by atoms with van der Waals surface area (Å²) in [4.78, 5) is 42.4. The van der Waals surface area contributed by atoms with Gasteiger partial charge in [0.25, 0.3) is 11.2 Å². The number of non-ortho nitro benzene ring substituents is 1. The molecule has 0 fully saturated rings. The van der Waals surface area contributed by atoms with Crippen molar-refractivity contribution in [1.82, 2.24) is 4.57 Å². The lowest BCUT2D eigenvalue weighted by Gasteiger charge is -2.24. The molecule has 0 spiro atoms. The quantitative estimate of drug-likeness (QED) is 0.209. The molecule has 10 heteroatoms. The first-order chi connectivity index (χ1) is 18.3. The number of nitro groups is 1. The van der Waals surface area contributed by atoms with Crippen molar-refractivity contribution < 1.29 is 18.9 Å². The van der Waals surface area contributed by atoms with Gasteiger partial charge < -0.3 is 9.15 Å². The highest BCUT2D eigenvalue weighted by molar-refractivity contribution is 7.07. The first-order valence-electron chi connectivity index (χ1n) is 11.9. The van der Waals surface area contributed by atoms with E-state index in [1.807, 2.05) is 37.3 Å². The lowest BCUT2D eigenvalue weighted by atomic mass is 9.96. The molecule has 5 rings (SSSR count). The Balaban J connectivity index is 1.62. The standard InChI is InChI=1S/C28H23N3O6S/c1-4-36-27(33)24-17(3)29-28-30(25(24)18-8-6-5-7-9-18)26(32)23(38-28)15-20-12-13-22(37-20)21-14-19(31(34)35)11-10-16(21)2/h5-15,25H,4H2,1-3H3/t25-/m0/s1. The fourth-order valence-electron chi connectivity index (χ4n) is 4.44. The number of nitro benzene ring substituents is 1. The molecule has 9 nitrogen and oxygen atoms in total. The van der Waals surface area contributed by atoms with Crippen LogP contribution in [0, 0.1) is 17.0 Å². The van der Waals surface area contributed by atoms with Gasteiger partial charge in [-0.05, 0) is 44.0 Å². The third kappa shape index (κ3) is 4.50. The van der Waals surface area contributed by atoms with Crippen LogP contribution in [-0.2, 0) is 9.53 Å². The summed E-state index contributed by atoms with van der Waals surface area (Å²) < 4.78 is 13.2. The number of hydrogen-bond donors (Lipinski definition) is 0. The summed E-state index contributed by atoms with van der Waals surface area (Å²) >= 11 is 1.19. The third-order valence-electron chi connectivity index (χ3n) is 6.23. The van der Waals surface area contributed by atoms with Gasteiger partial charge in [0, 0.05) is 23.8 Å². The first kappa shape index (κ1) is 25.1. The number of nitrogens with zero attached hydrogens (tertiary/aromatic N) is 3. The molecule has 0 saturated carbocycles. The zero-order valence-corrected chi connectivity index (χ0v) is 21.7. The lowest BCUT2D eigenvalue weighted by Crippen LogP contribution is -2.39. The molecule has 0 radical (unpaired) electrons. The number of esters is 1. The van der Waals surface area contributed by atoms with Gasteiger partial charge >= 0.3 is 5.97 Å². The molecule has 0 amide bonds. The Labute approximate surface area is 220 Å². The van der Waals surface area contributed by atoms with Crippen molar-refractivity contribution in [2.75, 3.05) is 6.61 Å². The largest absolute Gasteiger partial charge is 0.463 e. The predicted octanol–water partition coefficient (Wildman–Crippen LogP) is 4.27. The van der Waals surface area contributed by atoms with E-state index in [4.69, 9.17) is 9.15 Å². The van der Waals surface area contributed by atoms with Gasteiger partial charge in [0.2, 0.25) is 0 Å². The molecular formula is C28H23N3O6S. The molecule has 0 unspecified atom stereocenters. The van der Waals surface area contributed by atoms with E-state index in [2.05, 4.69) is 4.99 Å². The molecule has 1 aliphatic heterocycles. The number of hydrogen-bond acceptors (Lipinski definition) is 8. The van der Waals surface area contributed by atoms with Gasteiger partial charge in [-0.3, -0.25) is 19.5 Å². The third-order valence-corrected chi connectivity index (χ3v) is 7.21. The maximum absolute atomic E-state index is 13.7. The number of rotatable bonds is 6. The monoisotopic (exact) mass is 529 g/mol. The zero-order chi connectivity index (χ0) is 27.0. The summed E-state index contributed by atoms with van der Waals surface area (Å²) in [6, 6.07) is 16.6. The fourth-order valence-corrected chi connectivity index (χ4v) is 5.46. The van der Waals surface area contributed by atoms with Crippen LogP contribution in [0.4, 0.5) is 5.69 Å². The van der Waals surface area contributed by atoms with Gasteiger partial charge in [0.1, 0.15) is 11.5 Å². The second kappa shape index (κ2) is 10.1. The maximum Gasteiger partial charge on any atom is 0.338 e. The number of fused-ring (bicyclic) bond motifs is 1. The smallest absolute Gasteiger partial charge is 0.338 e. The van der Waals surface area contributed by atoms with Crippen molar-refractivity contribution in [2.45, 2.75) is 26.8 Å². The highest BCUT2D eigenvalue weighted by Crippen LogP contribution is 2.31. The molecule has 192 valence electrons. The number of carbonyl (C=O) groups is 1. The van der Waals surface area contributed by atoms with Crippen LogP contribution >= 0.6 is 11.3 Å². The van der Waals surface area contributed by atoms with E-state index in [1.165, 1.54) is 28.0 Å². The fraction of sp³-hybridized carbons (Fsp3) is 0.179. The summed E-state index contributed by atoms with van der Waals surface area (Å²) in [5, 5.41) is 11.2. The van der Waals surface area contributed by atoms with Crippen LogP contribution in [0.25, 0.3) is 17.4 Å². The number of benzene rings is 2. The predicted molar refractivity (Wildman–Crippen MR) is 142 cm³/mol. The molecule has 1 aliphatic rings. The summed E-state index contributed by atoms with van der Waals surface area (Å²) in [6.07, 6.45) is 1.62. The second-order valence-corrected chi connectivity index (χ2v) is 9.68. The molecule has 0 bridgehead atoms. The SMILES string of the molecule is CCOC(=O)C1=C(C)N=c2sc(=Cc3ccc(-c4cc([N+](=O)[O-])ccc4C)o3)c(=O)n2[C@H]1c1ccccc1. The van der Waals surface area contributed by atoms with Crippen molar-refractivity contribution in [3.05, 3.63) is 119 Å². The number of furan rings is 1. The summed E-state index contributed by atoms with van der Waals surface area (Å²) in [7, 11) is 0. The van der Waals surface area contributed by atoms with Crippen LogP contribution in [-0.4, -0.2) is 22.1 Å². The van der Waals surface area contributed by atoms with Crippen LogP contribution in [0.1, 0.15) is 36.8 Å². The molecule has 1 atom stereocenters. The van der Waals surface area contributed by atoms with Crippen molar-refractivity contribution in [1.29, 1.82) is 0 Å². The molecule has 2 aromatic heterocycles. The van der Waals surface area contributed by atoms with Crippen molar-refractivity contribution in [3.63, 3.8) is 0 Å². The number of allylic oxidation sites excluding steroid dienone is 1. The Morgan fingerprint density at radius 2 is 1.95 bits per heavy atom. The minimum absolute atomic E-state index is 0.0365. The van der Waals surface area contributed by atoms with Gasteiger partial charge in [0.05, 0.1) is 33.4 Å². The molecular weight excluding hydrogens is 506 g/mol. The van der Waals surface area contributed by atoms with E-state index >= 15 is 0 Å². The van der Waals surface area contributed by atoms with Crippen LogP contribution in [0.3, 0.4) is 0 Å². The molecule has 0 saturated heterocycles. The summed E-state index contributed by atoms with van der Waals surface area (Å²) in [5.74, 6) is 0.349. The topological polar surface area (TPSA) is 117 Å². The number of aryl methyl sites for hydroxylation is 1. The highest BCUT2D eigenvalue weighted by atomic mass is 32.1. The summed E-state index contributed by atoms with van der Waals surface area (Å²) in [6.45, 7) is 5.51. The van der Waals surface area contributed by atoms with E-state index in [0.29, 0.717) is 37.7 Å². The Morgan fingerprint density at radius 3 is 2.66 bits per heavy atom. The van der Waals surface area contributed by atoms with Gasteiger partial charge in [0.15, 0.2) is 4.80 Å². The maximum atomic E-state index is 13.7. The van der Waals surface area contributed by atoms with E-state index in [0.717, 1.165) is 11.1 Å². The normalized spacial score (nSPS) is 15.2. The Kier molecular flexibility index (Phi) is 6.64. The van der Waals surface area contributed by atoms with Gasteiger partial charge in [-0.1, -0.05) is 47.7 Å². The minimum Gasteiger partial charge on any atom is -0.463 e. The van der Waals surface area contributed by atoms with Crippen LogP contribution in [0.15, 0.2) is 86.1 Å². The van der Waals surface area contributed by atoms with Gasteiger partial charge in [-0.25, -0.2) is 9.79 Å². The van der Waals surface area contributed by atoms with E-state index < -0.39 is 16.9 Å².